The highest BCUT2D eigenvalue weighted by molar-refractivity contribution is 5.22. The summed E-state index contributed by atoms with van der Waals surface area (Å²) in [6, 6.07) is 11.3. The molecule has 3 rings (SSSR count). The lowest BCUT2D eigenvalue weighted by atomic mass is 9.67. The van der Waals surface area contributed by atoms with Gasteiger partial charge >= 0.3 is 0 Å². The maximum Gasteiger partial charge on any atom is -0.0128 e. The van der Waals surface area contributed by atoms with Crippen molar-refractivity contribution in [1.29, 1.82) is 0 Å². The molecule has 98 valence electrons. The van der Waals surface area contributed by atoms with E-state index in [1.165, 1.54) is 32.1 Å². The Bertz CT molecular complexity index is 380. The van der Waals surface area contributed by atoms with Crippen LogP contribution in [0.15, 0.2) is 30.3 Å². The van der Waals surface area contributed by atoms with E-state index in [4.69, 9.17) is 0 Å². The molecule has 2 aliphatic rings. The Morgan fingerprint density at radius 2 is 1.78 bits per heavy atom. The minimum absolute atomic E-state index is 0.844. The standard InChI is InChI=1S/C18H26/c1-3-14-11-16-9-13(2)10-17(18(16)12-14)15-7-5-4-6-8-15/h4-8,13-14,16-18H,3,9-12H2,1-2H3. The van der Waals surface area contributed by atoms with E-state index in [0.29, 0.717) is 0 Å². The molecule has 0 aliphatic heterocycles. The summed E-state index contributed by atoms with van der Waals surface area (Å²) in [4.78, 5) is 0. The Kier molecular flexibility index (Phi) is 3.46. The quantitative estimate of drug-likeness (QED) is 0.664. The van der Waals surface area contributed by atoms with Gasteiger partial charge in [-0.2, -0.15) is 0 Å². The molecule has 18 heavy (non-hydrogen) atoms. The molecule has 0 saturated heterocycles. The lowest BCUT2D eigenvalue weighted by Gasteiger charge is -2.37. The minimum atomic E-state index is 0.844. The van der Waals surface area contributed by atoms with Gasteiger partial charge in [0.1, 0.15) is 0 Å². The fraction of sp³-hybridized carbons (Fsp3) is 0.667. The van der Waals surface area contributed by atoms with Gasteiger partial charge in [0.2, 0.25) is 0 Å². The highest BCUT2D eigenvalue weighted by Crippen LogP contribution is 2.53. The van der Waals surface area contributed by atoms with Gasteiger partial charge in [0.25, 0.3) is 0 Å². The van der Waals surface area contributed by atoms with Crippen LogP contribution in [-0.2, 0) is 0 Å². The van der Waals surface area contributed by atoms with E-state index in [1.54, 1.807) is 5.56 Å². The van der Waals surface area contributed by atoms with Crippen LogP contribution in [0, 0.1) is 23.7 Å². The Balaban J connectivity index is 1.84. The topological polar surface area (TPSA) is 0 Å². The average Bonchev–Trinajstić information content (AvgIpc) is 2.81. The van der Waals surface area contributed by atoms with Crippen molar-refractivity contribution in [3.8, 4) is 0 Å². The fourth-order valence-electron chi connectivity index (χ4n) is 4.68. The van der Waals surface area contributed by atoms with Gasteiger partial charge in [-0.25, -0.2) is 0 Å². The van der Waals surface area contributed by atoms with E-state index in [1.807, 2.05) is 0 Å². The predicted molar refractivity (Wildman–Crippen MR) is 77.6 cm³/mol. The number of rotatable bonds is 2. The normalized spacial score (nSPS) is 39.6. The van der Waals surface area contributed by atoms with E-state index >= 15 is 0 Å². The SMILES string of the molecule is CCC1CC2CC(C)CC(c3ccccc3)C2C1. The van der Waals surface area contributed by atoms with Crippen molar-refractivity contribution in [3.63, 3.8) is 0 Å². The fourth-order valence-corrected chi connectivity index (χ4v) is 4.68. The largest absolute Gasteiger partial charge is 0.0651 e. The molecule has 1 aromatic carbocycles. The zero-order valence-corrected chi connectivity index (χ0v) is 11.8. The molecule has 0 heterocycles. The monoisotopic (exact) mass is 242 g/mol. The Hall–Kier alpha value is -0.780. The third kappa shape index (κ3) is 2.22. The second-order valence-electron chi connectivity index (χ2n) is 6.76. The van der Waals surface area contributed by atoms with Crippen LogP contribution in [0.4, 0.5) is 0 Å². The van der Waals surface area contributed by atoms with Crippen LogP contribution in [0.3, 0.4) is 0 Å². The third-order valence-electron chi connectivity index (χ3n) is 5.53. The van der Waals surface area contributed by atoms with Gasteiger partial charge in [0.15, 0.2) is 0 Å². The summed E-state index contributed by atoms with van der Waals surface area (Å²) in [6.07, 6.45) is 7.30. The molecule has 0 nitrogen and oxygen atoms in total. The maximum atomic E-state index is 2.46. The molecular weight excluding hydrogens is 216 g/mol. The van der Waals surface area contributed by atoms with Gasteiger partial charge < -0.3 is 0 Å². The minimum Gasteiger partial charge on any atom is -0.0651 e. The molecule has 5 atom stereocenters. The second kappa shape index (κ2) is 5.07. The van der Waals surface area contributed by atoms with Crippen molar-refractivity contribution in [1.82, 2.24) is 0 Å². The molecule has 2 fully saturated rings. The highest BCUT2D eigenvalue weighted by Gasteiger charge is 2.42. The van der Waals surface area contributed by atoms with Crippen LogP contribution in [0.25, 0.3) is 0 Å². The van der Waals surface area contributed by atoms with Crippen molar-refractivity contribution < 1.29 is 0 Å². The first-order valence-corrected chi connectivity index (χ1v) is 7.82. The molecule has 0 radical (unpaired) electrons. The summed E-state index contributed by atoms with van der Waals surface area (Å²) in [5.74, 6) is 4.78. The van der Waals surface area contributed by atoms with E-state index in [0.717, 1.165) is 29.6 Å². The molecule has 0 spiro atoms. The number of fused-ring (bicyclic) bond motifs is 1. The van der Waals surface area contributed by atoms with Crippen molar-refractivity contribution in [2.45, 2.75) is 51.9 Å². The molecule has 0 amide bonds. The first-order valence-electron chi connectivity index (χ1n) is 7.82. The van der Waals surface area contributed by atoms with Gasteiger partial charge in [-0.05, 0) is 60.8 Å². The van der Waals surface area contributed by atoms with Gasteiger partial charge in [-0.3, -0.25) is 0 Å². The van der Waals surface area contributed by atoms with Gasteiger partial charge in [0, 0.05) is 0 Å². The molecule has 2 saturated carbocycles. The molecule has 0 aromatic heterocycles. The lowest BCUT2D eigenvalue weighted by Crippen LogP contribution is -2.26. The first-order chi connectivity index (χ1) is 8.78. The van der Waals surface area contributed by atoms with Gasteiger partial charge in [-0.15, -0.1) is 0 Å². The van der Waals surface area contributed by atoms with Crippen LogP contribution in [0.1, 0.15) is 57.4 Å². The smallest absolute Gasteiger partial charge is 0.0128 e. The molecule has 1 aromatic rings. The molecular formula is C18H26. The van der Waals surface area contributed by atoms with Crippen molar-refractivity contribution >= 4 is 0 Å². The Morgan fingerprint density at radius 3 is 2.50 bits per heavy atom. The second-order valence-corrected chi connectivity index (χ2v) is 6.76. The molecule has 0 N–H and O–H groups in total. The van der Waals surface area contributed by atoms with E-state index < -0.39 is 0 Å². The van der Waals surface area contributed by atoms with Crippen LogP contribution < -0.4 is 0 Å². The van der Waals surface area contributed by atoms with Crippen molar-refractivity contribution in [2.24, 2.45) is 23.7 Å². The zero-order chi connectivity index (χ0) is 12.5. The summed E-state index contributed by atoms with van der Waals surface area (Å²) in [5, 5.41) is 0. The summed E-state index contributed by atoms with van der Waals surface area (Å²) >= 11 is 0. The Morgan fingerprint density at radius 1 is 1.00 bits per heavy atom. The van der Waals surface area contributed by atoms with E-state index in [2.05, 4.69) is 44.2 Å². The highest BCUT2D eigenvalue weighted by atomic mass is 14.5. The Labute approximate surface area is 112 Å². The summed E-state index contributed by atoms with van der Waals surface area (Å²) in [7, 11) is 0. The summed E-state index contributed by atoms with van der Waals surface area (Å²) in [5.41, 5.74) is 1.61. The number of hydrogen-bond donors (Lipinski definition) is 0. The maximum absolute atomic E-state index is 2.46. The predicted octanol–water partition coefficient (Wildman–Crippen LogP) is 5.25. The lowest BCUT2D eigenvalue weighted by molar-refractivity contribution is 0.187. The van der Waals surface area contributed by atoms with Crippen LogP contribution in [0.2, 0.25) is 0 Å². The third-order valence-corrected chi connectivity index (χ3v) is 5.53. The average molecular weight is 242 g/mol. The first kappa shape index (κ1) is 12.3. The van der Waals surface area contributed by atoms with Crippen LogP contribution >= 0.6 is 0 Å². The van der Waals surface area contributed by atoms with Crippen molar-refractivity contribution in [2.75, 3.05) is 0 Å². The van der Waals surface area contributed by atoms with Crippen LogP contribution in [-0.4, -0.2) is 0 Å². The van der Waals surface area contributed by atoms with Crippen LogP contribution in [0.5, 0.6) is 0 Å². The number of hydrogen-bond acceptors (Lipinski definition) is 0. The van der Waals surface area contributed by atoms with Gasteiger partial charge in [0.05, 0.1) is 0 Å². The van der Waals surface area contributed by atoms with E-state index in [9.17, 15) is 0 Å². The zero-order valence-electron chi connectivity index (χ0n) is 11.8. The summed E-state index contributed by atoms with van der Waals surface area (Å²) in [6.45, 7) is 4.84. The molecule has 2 aliphatic carbocycles. The summed E-state index contributed by atoms with van der Waals surface area (Å²) < 4.78 is 0. The van der Waals surface area contributed by atoms with E-state index in [-0.39, 0.29) is 0 Å². The molecule has 0 heteroatoms. The molecule has 0 bridgehead atoms. The molecule has 5 unspecified atom stereocenters. The van der Waals surface area contributed by atoms with Crippen molar-refractivity contribution in [3.05, 3.63) is 35.9 Å². The van der Waals surface area contributed by atoms with Gasteiger partial charge in [-0.1, -0.05) is 50.6 Å². The number of benzene rings is 1.